The van der Waals surface area contributed by atoms with E-state index in [0.29, 0.717) is 11.3 Å². The second-order valence-electron chi connectivity index (χ2n) is 4.21. The molecule has 1 atom stereocenters. The lowest BCUT2D eigenvalue weighted by atomic mass is 10.1. The van der Waals surface area contributed by atoms with Gasteiger partial charge in [0, 0.05) is 34.2 Å². The number of pyridine rings is 1. The van der Waals surface area contributed by atoms with E-state index in [1.54, 1.807) is 36.7 Å². The summed E-state index contributed by atoms with van der Waals surface area (Å²) < 4.78 is 0.838. The van der Waals surface area contributed by atoms with Crippen LogP contribution in [0.4, 0.5) is 5.69 Å². The van der Waals surface area contributed by atoms with Crippen LogP contribution < -0.4 is 11.1 Å². The number of nitrogens with two attached hydrogens (primary N) is 1. The standard InChI is InChI=1S/C14H14BrN3O/c1-9(16)12-3-2-10(8-13(12)15)14(19)18-11-4-6-17-7-5-11/h2-9H,16H2,1H3,(H,17,18,19). The van der Waals surface area contributed by atoms with E-state index in [4.69, 9.17) is 5.73 Å². The highest BCUT2D eigenvalue weighted by Gasteiger charge is 2.10. The molecule has 0 radical (unpaired) electrons. The van der Waals surface area contributed by atoms with Gasteiger partial charge in [-0.3, -0.25) is 9.78 Å². The smallest absolute Gasteiger partial charge is 0.255 e. The van der Waals surface area contributed by atoms with E-state index in [2.05, 4.69) is 26.2 Å². The number of aromatic nitrogens is 1. The number of rotatable bonds is 3. The first-order valence-corrected chi connectivity index (χ1v) is 6.63. The van der Waals surface area contributed by atoms with Crippen LogP contribution >= 0.6 is 15.9 Å². The van der Waals surface area contributed by atoms with Crippen LogP contribution in [0.1, 0.15) is 28.9 Å². The number of amides is 1. The van der Waals surface area contributed by atoms with Gasteiger partial charge in [-0.2, -0.15) is 0 Å². The number of nitrogens with zero attached hydrogens (tertiary/aromatic N) is 1. The van der Waals surface area contributed by atoms with Crippen molar-refractivity contribution < 1.29 is 4.79 Å². The zero-order valence-electron chi connectivity index (χ0n) is 10.4. The van der Waals surface area contributed by atoms with Gasteiger partial charge in [0.1, 0.15) is 0 Å². The first-order valence-electron chi connectivity index (χ1n) is 5.84. The third-order valence-electron chi connectivity index (χ3n) is 2.69. The maximum atomic E-state index is 12.1. The van der Waals surface area contributed by atoms with Crippen LogP contribution in [0.2, 0.25) is 0 Å². The Kier molecular flexibility index (Phi) is 4.29. The van der Waals surface area contributed by atoms with E-state index in [0.717, 1.165) is 10.0 Å². The highest BCUT2D eigenvalue weighted by atomic mass is 79.9. The molecule has 0 bridgehead atoms. The van der Waals surface area contributed by atoms with Crippen molar-refractivity contribution in [3.63, 3.8) is 0 Å². The van der Waals surface area contributed by atoms with Crippen molar-refractivity contribution >= 4 is 27.5 Å². The van der Waals surface area contributed by atoms with Crippen molar-refractivity contribution in [2.45, 2.75) is 13.0 Å². The third-order valence-corrected chi connectivity index (χ3v) is 3.38. The van der Waals surface area contributed by atoms with Gasteiger partial charge in [-0.15, -0.1) is 0 Å². The molecule has 5 heteroatoms. The van der Waals surface area contributed by atoms with Crippen LogP contribution in [0.15, 0.2) is 47.2 Å². The number of hydrogen-bond donors (Lipinski definition) is 2. The van der Waals surface area contributed by atoms with Gasteiger partial charge in [-0.1, -0.05) is 22.0 Å². The number of carbonyl (C=O) groups is 1. The molecule has 0 aliphatic carbocycles. The minimum atomic E-state index is -0.164. The Morgan fingerprint density at radius 2 is 2.00 bits per heavy atom. The molecule has 3 N–H and O–H groups in total. The molecule has 1 heterocycles. The van der Waals surface area contributed by atoms with E-state index in [9.17, 15) is 4.79 Å². The number of benzene rings is 1. The topological polar surface area (TPSA) is 68.0 Å². The molecule has 19 heavy (non-hydrogen) atoms. The Labute approximate surface area is 120 Å². The zero-order chi connectivity index (χ0) is 13.8. The molecule has 1 amide bonds. The Morgan fingerprint density at radius 3 is 2.58 bits per heavy atom. The fourth-order valence-electron chi connectivity index (χ4n) is 1.68. The minimum Gasteiger partial charge on any atom is -0.324 e. The normalized spacial score (nSPS) is 11.9. The average molecular weight is 320 g/mol. The van der Waals surface area contributed by atoms with Crippen LogP contribution in [-0.2, 0) is 0 Å². The second-order valence-corrected chi connectivity index (χ2v) is 5.07. The lowest BCUT2D eigenvalue weighted by Crippen LogP contribution is -2.13. The number of carbonyl (C=O) groups excluding carboxylic acids is 1. The summed E-state index contributed by atoms with van der Waals surface area (Å²) in [6.07, 6.45) is 3.26. The van der Waals surface area contributed by atoms with Crippen LogP contribution in [0.5, 0.6) is 0 Å². The number of halogens is 1. The van der Waals surface area contributed by atoms with Crippen molar-refractivity contribution in [2.75, 3.05) is 5.32 Å². The highest BCUT2D eigenvalue weighted by molar-refractivity contribution is 9.10. The minimum absolute atomic E-state index is 0.0771. The maximum absolute atomic E-state index is 12.1. The predicted molar refractivity (Wildman–Crippen MR) is 78.9 cm³/mol. The van der Waals surface area contributed by atoms with Gasteiger partial charge in [-0.25, -0.2) is 0 Å². The fraction of sp³-hybridized carbons (Fsp3) is 0.143. The largest absolute Gasteiger partial charge is 0.324 e. The van der Waals surface area contributed by atoms with Crippen LogP contribution in [-0.4, -0.2) is 10.9 Å². The predicted octanol–water partition coefficient (Wildman–Crippen LogP) is 3.12. The molecule has 0 fully saturated rings. The summed E-state index contributed by atoms with van der Waals surface area (Å²) in [4.78, 5) is 16.0. The summed E-state index contributed by atoms with van der Waals surface area (Å²) >= 11 is 3.43. The second kappa shape index (κ2) is 5.95. The Hall–Kier alpha value is -1.72. The molecule has 0 aliphatic rings. The van der Waals surface area contributed by atoms with Gasteiger partial charge in [0.2, 0.25) is 0 Å². The van der Waals surface area contributed by atoms with Crippen molar-refractivity contribution in [2.24, 2.45) is 5.73 Å². The average Bonchev–Trinajstić information content (AvgIpc) is 2.39. The summed E-state index contributed by atoms with van der Waals surface area (Å²) in [6, 6.07) is 8.80. The van der Waals surface area contributed by atoms with E-state index in [1.165, 1.54) is 0 Å². The van der Waals surface area contributed by atoms with Crippen molar-refractivity contribution in [1.82, 2.24) is 4.98 Å². The van der Waals surface area contributed by atoms with Gasteiger partial charge in [-0.05, 0) is 36.8 Å². The summed E-state index contributed by atoms with van der Waals surface area (Å²) in [5.74, 6) is -0.164. The summed E-state index contributed by atoms with van der Waals surface area (Å²) in [5, 5.41) is 2.80. The lowest BCUT2D eigenvalue weighted by molar-refractivity contribution is 0.102. The molecule has 0 spiro atoms. The van der Waals surface area contributed by atoms with Gasteiger partial charge in [0.05, 0.1) is 0 Å². The van der Waals surface area contributed by atoms with Crippen molar-refractivity contribution in [3.8, 4) is 0 Å². The van der Waals surface area contributed by atoms with E-state index in [1.807, 2.05) is 13.0 Å². The summed E-state index contributed by atoms with van der Waals surface area (Å²) in [7, 11) is 0. The van der Waals surface area contributed by atoms with Gasteiger partial charge in [0.15, 0.2) is 0 Å². The molecule has 4 nitrogen and oxygen atoms in total. The third kappa shape index (κ3) is 3.39. The molecule has 1 aromatic carbocycles. The van der Waals surface area contributed by atoms with E-state index >= 15 is 0 Å². The molecule has 0 saturated carbocycles. The molecule has 0 aliphatic heterocycles. The van der Waals surface area contributed by atoms with Crippen LogP contribution in [0, 0.1) is 0 Å². The fourth-order valence-corrected chi connectivity index (χ4v) is 2.42. The highest BCUT2D eigenvalue weighted by Crippen LogP contribution is 2.23. The maximum Gasteiger partial charge on any atom is 0.255 e. The van der Waals surface area contributed by atoms with Gasteiger partial charge >= 0.3 is 0 Å². The number of nitrogens with one attached hydrogen (secondary N) is 1. The molecule has 0 saturated heterocycles. The Bertz CT molecular complexity index is 584. The molecule has 2 aromatic rings. The zero-order valence-corrected chi connectivity index (χ0v) is 12.0. The SMILES string of the molecule is CC(N)c1ccc(C(=O)Nc2ccncc2)cc1Br. The van der Waals surface area contributed by atoms with Crippen LogP contribution in [0.25, 0.3) is 0 Å². The van der Waals surface area contributed by atoms with Gasteiger partial charge in [0.25, 0.3) is 5.91 Å². The van der Waals surface area contributed by atoms with E-state index < -0.39 is 0 Å². The monoisotopic (exact) mass is 319 g/mol. The first kappa shape index (κ1) is 13.7. The molecule has 1 unspecified atom stereocenters. The molecular formula is C14H14BrN3O. The Morgan fingerprint density at radius 1 is 1.32 bits per heavy atom. The number of hydrogen-bond acceptors (Lipinski definition) is 3. The lowest BCUT2D eigenvalue weighted by Gasteiger charge is -2.10. The molecule has 1 aromatic heterocycles. The van der Waals surface area contributed by atoms with Gasteiger partial charge < -0.3 is 11.1 Å². The first-order chi connectivity index (χ1) is 9.08. The van der Waals surface area contributed by atoms with E-state index in [-0.39, 0.29) is 11.9 Å². The van der Waals surface area contributed by atoms with Crippen molar-refractivity contribution in [1.29, 1.82) is 0 Å². The summed E-state index contributed by atoms with van der Waals surface area (Å²) in [6.45, 7) is 1.90. The van der Waals surface area contributed by atoms with Crippen molar-refractivity contribution in [3.05, 3.63) is 58.3 Å². The summed E-state index contributed by atoms with van der Waals surface area (Å²) in [5.41, 5.74) is 8.09. The molecular weight excluding hydrogens is 306 g/mol. The molecule has 98 valence electrons. The molecule has 2 rings (SSSR count). The quantitative estimate of drug-likeness (QED) is 0.913. The number of anilines is 1. The van der Waals surface area contributed by atoms with Crippen LogP contribution in [0.3, 0.4) is 0 Å². The Balaban J connectivity index is 2.18.